The molecule has 1 nitrogen and oxygen atoms in total. The third-order valence-electron chi connectivity index (χ3n) is 1.94. The van der Waals surface area contributed by atoms with Gasteiger partial charge >= 0.3 is 0 Å². The van der Waals surface area contributed by atoms with Crippen LogP contribution in [0.1, 0.15) is 46.0 Å². The van der Waals surface area contributed by atoms with E-state index >= 15 is 0 Å². The quantitative estimate of drug-likeness (QED) is 0.545. The maximum absolute atomic E-state index is 4.44. The fourth-order valence-electron chi connectivity index (χ4n) is 1.31. The van der Waals surface area contributed by atoms with Gasteiger partial charge in [-0.3, -0.25) is 4.99 Å². The standard InChI is InChI=1S/C10H17N/c1-9(2)8-11-10-6-4-3-5-7-10/h8H,3-7H2,1-2H3. The molecule has 0 aromatic rings. The summed E-state index contributed by atoms with van der Waals surface area (Å²) in [5.41, 5.74) is 2.69. The summed E-state index contributed by atoms with van der Waals surface area (Å²) in [6.07, 6.45) is 8.52. The Morgan fingerprint density at radius 3 is 2.36 bits per heavy atom. The Hall–Kier alpha value is -0.590. The van der Waals surface area contributed by atoms with E-state index in [0.717, 1.165) is 0 Å². The first-order valence-electron chi connectivity index (χ1n) is 4.48. The van der Waals surface area contributed by atoms with Crippen molar-refractivity contribution in [2.45, 2.75) is 46.0 Å². The lowest BCUT2D eigenvalue weighted by atomic mass is 9.99. The summed E-state index contributed by atoms with van der Waals surface area (Å²) < 4.78 is 0. The van der Waals surface area contributed by atoms with Crippen LogP contribution >= 0.6 is 0 Å². The molecule has 1 rings (SSSR count). The zero-order chi connectivity index (χ0) is 8.10. The summed E-state index contributed by atoms with van der Waals surface area (Å²) in [5, 5.41) is 0. The molecule has 1 aliphatic rings. The van der Waals surface area contributed by atoms with Crippen LogP contribution in [0.5, 0.6) is 0 Å². The molecule has 0 unspecified atom stereocenters. The SMILES string of the molecule is CC(C)=CN=C1CCCCC1. The number of allylic oxidation sites excluding steroid dienone is 1. The second-order valence-corrected chi connectivity index (χ2v) is 3.46. The number of aliphatic imine (C=N–C) groups is 1. The van der Waals surface area contributed by atoms with Crippen molar-refractivity contribution in [1.29, 1.82) is 0 Å². The highest BCUT2D eigenvalue weighted by Gasteiger charge is 2.04. The van der Waals surface area contributed by atoms with E-state index in [0.29, 0.717) is 0 Å². The molecule has 0 heterocycles. The minimum Gasteiger partial charge on any atom is -0.266 e. The minimum atomic E-state index is 1.23. The lowest BCUT2D eigenvalue weighted by Crippen LogP contribution is -2.03. The van der Waals surface area contributed by atoms with Crippen LogP contribution in [0, 0.1) is 0 Å². The molecule has 0 aromatic heterocycles. The van der Waals surface area contributed by atoms with Gasteiger partial charge < -0.3 is 0 Å². The largest absolute Gasteiger partial charge is 0.266 e. The topological polar surface area (TPSA) is 12.4 Å². The summed E-state index contributed by atoms with van der Waals surface area (Å²) in [6, 6.07) is 0. The molecule has 0 bridgehead atoms. The van der Waals surface area contributed by atoms with Crippen molar-refractivity contribution in [2.75, 3.05) is 0 Å². The smallest absolute Gasteiger partial charge is 0.0253 e. The van der Waals surface area contributed by atoms with Crippen LogP contribution in [-0.4, -0.2) is 5.71 Å². The maximum atomic E-state index is 4.44. The molecule has 1 fully saturated rings. The van der Waals surface area contributed by atoms with Crippen molar-refractivity contribution >= 4 is 5.71 Å². The third kappa shape index (κ3) is 3.35. The first-order chi connectivity index (χ1) is 5.29. The van der Waals surface area contributed by atoms with E-state index in [-0.39, 0.29) is 0 Å². The van der Waals surface area contributed by atoms with Gasteiger partial charge in [0.25, 0.3) is 0 Å². The molecule has 1 aliphatic carbocycles. The van der Waals surface area contributed by atoms with E-state index in [1.807, 2.05) is 6.20 Å². The molecule has 1 saturated carbocycles. The van der Waals surface area contributed by atoms with Crippen LogP contribution in [-0.2, 0) is 0 Å². The predicted molar refractivity (Wildman–Crippen MR) is 50.0 cm³/mol. The van der Waals surface area contributed by atoms with Crippen LogP contribution in [0.2, 0.25) is 0 Å². The van der Waals surface area contributed by atoms with Crippen molar-refractivity contribution in [3.05, 3.63) is 11.8 Å². The molecule has 0 saturated heterocycles. The minimum absolute atomic E-state index is 1.23. The molecule has 11 heavy (non-hydrogen) atoms. The molecule has 0 aromatic carbocycles. The van der Waals surface area contributed by atoms with Gasteiger partial charge in [-0.2, -0.15) is 0 Å². The summed E-state index contributed by atoms with van der Waals surface area (Å²) in [7, 11) is 0. The van der Waals surface area contributed by atoms with E-state index < -0.39 is 0 Å². The summed E-state index contributed by atoms with van der Waals surface area (Å²) in [5.74, 6) is 0. The van der Waals surface area contributed by atoms with Gasteiger partial charge in [0.05, 0.1) is 0 Å². The molecule has 0 aliphatic heterocycles. The summed E-state index contributed by atoms with van der Waals surface area (Å²) in [4.78, 5) is 4.44. The Morgan fingerprint density at radius 1 is 1.18 bits per heavy atom. The van der Waals surface area contributed by atoms with Crippen LogP contribution in [0.15, 0.2) is 16.8 Å². The maximum Gasteiger partial charge on any atom is 0.0253 e. The van der Waals surface area contributed by atoms with Crippen LogP contribution < -0.4 is 0 Å². The second kappa shape index (κ2) is 4.32. The van der Waals surface area contributed by atoms with Gasteiger partial charge in [0.2, 0.25) is 0 Å². The molecular formula is C10H17N. The van der Waals surface area contributed by atoms with Gasteiger partial charge in [0.15, 0.2) is 0 Å². The van der Waals surface area contributed by atoms with Crippen molar-refractivity contribution in [3.63, 3.8) is 0 Å². The monoisotopic (exact) mass is 151 g/mol. The molecule has 0 spiro atoms. The van der Waals surface area contributed by atoms with E-state index in [4.69, 9.17) is 0 Å². The van der Waals surface area contributed by atoms with Gasteiger partial charge in [0.1, 0.15) is 0 Å². The highest BCUT2D eigenvalue weighted by atomic mass is 14.7. The lowest BCUT2D eigenvalue weighted by molar-refractivity contribution is 0.666. The van der Waals surface area contributed by atoms with Gasteiger partial charge in [-0.25, -0.2) is 0 Å². The number of hydrogen-bond donors (Lipinski definition) is 0. The van der Waals surface area contributed by atoms with Gasteiger partial charge in [-0.15, -0.1) is 0 Å². The third-order valence-corrected chi connectivity index (χ3v) is 1.94. The average Bonchev–Trinajstić information content (AvgIpc) is 2.03. The van der Waals surface area contributed by atoms with E-state index in [1.54, 1.807) is 0 Å². The predicted octanol–water partition coefficient (Wildman–Crippen LogP) is 3.32. The molecule has 0 radical (unpaired) electrons. The van der Waals surface area contributed by atoms with E-state index in [9.17, 15) is 0 Å². The normalized spacial score (nSPS) is 17.8. The zero-order valence-electron chi connectivity index (χ0n) is 7.56. The van der Waals surface area contributed by atoms with Crippen molar-refractivity contribution < 1.29 is 0 Å². The summed E-state index contributed by atoms with van der Waals surface area (Å²) >= 11 is 0. The number of rotatable bonds is 1. The van der Waals surface area contributed by atoms with E-state index in [1.165, 1.54) is 43.4 Å². The molecule has 0 N–H and O–H groups in total. The molecular weight excluding hydrogens is 134 g/mol. The summed E-state index contributed by atoms with van der Waals surface area (Å²) in [6.45, 7) is 4.18. The average molecular weight is 151 g/mol. The Morgan fingerprint density at radius 2 is 1.82 bits per heavy atom. The second-order valence-electron chi connectivity index (χ2n) is 3.46. The highest BCUT2D eigenvalue weighted by Crippen LogP contribution is 2.14. The molecule has 0 atom stereocenters. The first kappa shape index (κ1) is 8.51. The Balaban J connectivity index is 2.44. The zero-order valence-corrected chi connectivity index (χ0v) is 7.56. The Labute approximate surface area is 69.2 Å². The van der Waals surface area contributed by atoms with Crippen LogP contribution in [0.25, 0.3) is 0 Å². The van der Waals surface area contributed by atoms with Crippen LogP contribution in [0.4, 0.5) is 0 Å². The van der Waals surface area contributed by atoms with Crippen molar-refractivity contribution in [3.8, 4) is 0 Å². The van der Waals surface area contributed by atoms with Crippen LogP contribution in [0.3, 0.4) is 0 Å². The number of hydrogen-bond acceptors (Lipinski definition) is 1. The Bertz CT molecular complexity index is 165. The number of nitrogens with zero attached hydrogens (tertiary/aromatic N) is 1. The fourth-order valence-corrected chi connectivity index (χ4v) is 1.31. The first-order valence-corrected chi connectivity index (χ1v) is 4.48. The molecule has 62 valence electrons. The molecule has 0 amide bonds. The highest BCUT2D eigenvalue weighted by molar-refractivity contribution is 5.85. The van der Waals surface area contributed by atoms with Gasteiger partial charge in [-0.1, -0.05) is 12.0 Å². The Kier molecular flexibility index (Phi) is 3.34. The van der Waals surface area contributed by atoms with Gasteiger partial charge in [-0.05, 0) is 39.5 Å². The van der Waals surface area contributed by atoms with Gasteiger partial charge in [0, 0.05) is 11.9 Å². The van der Waals surface area contributed by atoms with Crippen molar-refractivity contribution in [1.82, 2.24) is 0 Å². The molecule has 1 heteroatoms. The van der Waals surface area contributed by atoms with Crippen molar-refractivity contribution in [2.24, 2.45) is 4.99 Å². The van der Waals surface area contributed by atoms with E-state index in [2.05, 4.69) is 18.8 Å². The fraction of sp³-hybridized carbons (Fsp3) is 0.700. The lowest BCUT2D eigenvalue weighted by Gasteiger charge is -2.10.